The maximum absolute atomic E-state index is 13.3. The van der Waals surface area contributed by atoms with Gasteiger partial charge >= 0.3 is 0 Å². The molecule has 0 radical (unpaired) electrons. The van der Waals surface area contributed by atoms with Crippen molar-refractivity contribution < 1.29 is 30.0 Å². The third-order valence-electron chi connectivity index (χ3n) is 9.07. The molecule has 10 nitrogen and oxygen atoms in total. The molecule has 3 atom stereocenters. The Morgan fingerprint density at radius 2 is 1.85 bits per heavy atom. The minimum absolute atomic E-state index is 0.00332. The molecule has 0 saturated carbocycles. The maximum atomic E-state index is 13.3. The van der Waals surface area contributed by atoms with Crippen molar-refractivity contribution in [2.45, 2.75) is 103 Å². The molecule has 0 spiro atoms. The number of Topliss-reactive ketones (excluding diaryl/α,β-unsaturated/α-hetero) is 1. The minimum Gasteiger partial charge on any atom is -0.504 e. The molecule has 2 aliphatic heterocycles. The van der Waals surface area contributed by atoms with E-state index >= 15 is 0 Å². The number of rotatable bonds is 20. The summed E-state index contributed by atoms with van der Waals surface area (Å²) in [6.45, 7) is 4.75. The van der Waals surface area contributed by atoms with Crippen molar-refractivity contribution in [3.63, 3.8) is 0 Å². The van der Waals surface area contributed by atoms with E-state index in [1.54, 1.807) is 18.2 Å². The maximum Gasteiger partial charge on any atom is 0.163 e. The Morgan fingerprint density at radius 3 is 2.57 bits per heavy atom. The number of ether oxygens (including phenoxy) is 1. The molecule has 2 aromatic carbocycles. The van der Waals surface area contributed by atoms with Crippen LogP contribution in [0.15, 0.2) is 64.9 Å². The fraction of sp³-hybridized carbons (Fsp3) is 0.514. The smallest absolute Gasteiger partial charge is 0.163 e. The van der Waals surface area contributed by atoms with Gasteiger partial charge in [0.05, 0.1) is 37.2 Å². The molecule has 2 aliphatic rings. The number of nitrogens with two attached hydrogens (primary N) is 2. The van der Waals surface area contributed by atoms with Crippen LogP contribution in [0.3, 0.4) is 0 Å². The minimum atomic E-state index is -0.861. The number of benzene rings is 2. The van der Waals surface area contributed by atoms with E-state index in [2.05, 4.69) is 11.9 Å². The number of phenols is 1. The quantitative estimate of drug-likeness (QED) is 0.0890. The monoisotopic (exact) mass is 648 g/mol. The summed E-state index contributed by atoms with van der Waals surface area (Å²) < 4.78 is 6.03. The number of aromatic hydroxyl groups is 1. The molecule has 10 heteroatoms. The number of carbonyl (C=O) groups excluding carboxylic acids is 1. The van der Waals surface area contributed by atoms with Crippen LogP contribution in [0.5, 0.6) is 11.5 Å². The van der Waals surface area contributed by atoms with Gasteiger partial charge in [-0.2, -0.15) is 0 Å². The van der Waals surface area contributed by atoms with E-state index in [9.17, 15) is 25.2 Å². The summed E-state index contributed by atoms with van der Waals surface area (Å²) >= 11 is 0. The van der Waals surface area contributed by atoms with Gasteiger partial charge in [0.1, 0.15) is 5.78 Å². The first kappa shape index (κ1) is 36.3. The summed E-state index contributed by atoms with van der Waals surface area (Å²) in [5.41, 5.74) is 18.1. The molecule has 2 aromatic rings. The van der Waals surface area contributed by atoms with Crippen LogP contribution < -0.4 is 16.2 Å². The zero-order valence-electron chi connectivity index (χ0n) is 27.8. The molecule has 0 saturated heterocycles. The number of phenolic OH excluding ortho intramolecular Hbond substituents is 1. The molecule has 256 valence electrons. The van der Waals surface area contributed by atoms with E-state index in [1.165, 1.54) is 0 Å². The van der Waals surface area contributed by atoms with Crippen LogP contribution in [0, 0.1) is 5.92 Å². The highest BCUT2D eigenvalue weighted by atomic mass is 16.5. The van der Waals surface area contributed by atoms with E-state index in [-0.39, 0.29) is 37.7 Å². The Kier molecular flexibility index (Phi) is 13.6. The third kappa shape index (κ3) is 9.98. The van der Waals surface area contributed by atoms with Crippen molar-refractivity contribution in [1.82, 2.24) is 4.90 Å². The number of unbranched alkanes of at least 4 members (excludes halogenated alkanes) is 2. The first-order chi connectivity index (χ1) is 22.6. The topological polar surface area (TPSA) is 175 Å². The molecule has 0 fully saturated rings. The highest BCUT2D eigenvalue weighted by Gasteiger charge is 2.29. The van der Waals surface area contributed by atoms with Crippen molar-refractivity contribution in [3.8, 4) is 11.5 Å². The third-order valence-corrected chi connectivity index (χ3v) is 9.07. The van der Waals surface area contributed by atoms with Crippen LogP contribution in [-0.4, -0.2) is 62.3 Å². The van der Waals surface area contributed by atoms with E-state index in [0.717, 1.165) is 64.8 Å². The fourth-order valence-electron chi connectivity index (χ4n) is 6.30. The zero-order chi connectivity index (χ0) is 33.9. The SMILES string of the molecule is CCCCC[C@H](C(=O)CCc1ccc(O)c(OCN2C=C3C(Cc4cc(C(N)N)ccc4CO)=CN=C3C2)c1)[C@H](O)C[C@H](O)CCC. The first-order valence-corrected chi connectivity index (χ1v) is 16.9. The van der Waals surface area contributed by atoms with Crippen molar-refractivity contribution in [2.24, 2.45) is 22.4 Å². The summed E-state index contributed by atoms with van der Waals surface area (Å²) in [7, 11) is 0. The van der Waals surface area contributed by atoms with Crippen LogP contribution in [-0.2, 0) is 24.2 Å². The van der Waals surface area contributed by atoms with Crippen LogP contribution in [0.25, 0.3) is 0 Å². The van der Waals surface area contributed by atoms with Crippen molar-refractivity contribution in [3.05, 3.63) is 82.2 Å². The van der Waals surface area contributed by atoms with Crippen molar-refractivity contribution >= 4 is 11.5 Å². The second-order valence-electron chi connectivity index (χ2n) is 12.8. The molecule has 0 unspecified atom stereocenters. The number of fused-ring (bicyclic) bond motifs is 1. The van der Waals surface area contributed by atoms with Gasteiger partial charge in [-0.25, -0.2) is 0 Å². The molecule has 47 heavy (non-hydrogen) atoms. The number of ketones is 1. The number of allylic oxidation sites excluding steroid dienone is 1. The van der Waals surface area contributed by atoms with E-state index in [1.807, 2.05) is 42.4 Å². The highest BCUT2D eigenvalue weighted by Crippen LogP contribution is 2.32. The summed E-state index contributed by atoms with van der Waals surface area (Å²) in [6, 6.07) is 10.7. The lowest BCUT2D eigenvalue weighted by Crippen LogP contribution is -2.32. The Hall–Kier alpha value is -3.54. The molecule has 0 bridgehead atoms. The van der Waals surface area contributed by atoms with Crippen LogP contribution in [0.1, 0.15) is 93.6 Å². The normalized spacial score (nSPS) is 16.1. The van der Waals surface area contributed by atoms with Gasteiger partial charge in [0.15, 0.2) is 18.2 Å². The van der Waals surface area contributed by atoms with Gasteiger partial charge in [-0.1, -0.05) is 63.8 Å². The first-order valence-electron chi connectivity index (χ1n) is 16.9. The average molecular weight is 649 g/mol. The van der Waals surface area contributed by atoms with Crippen LogP contribution in [0.2, 0.25) is 0 Å². The van der Waals surface area contributed by atoms with E-state index in [4.69, 9.17) is 16.2 Å². The molecular formula is C37H52N4O6. The molecule has 0 aliphatic carbocycles. The summed E-state index contributed by atoms with van der Waals surface area (Å²) in [5.74, 6) is -0.163. The predicted molar refractivity (Wildman–Crippen MR) is 184 cm³/mol. The number of aliphatic hydroxyl groups excluding tert-OH is 3. The van der Waals surface area contributed by atoms with E-state index in [0.29, 0.717) is 38.0 Å². The second-order valence-corrected chi connectivity index (χ2v) is 12.8. The van der Waals surface area contributed by atoms with Crippen LogP contribution >= 0.6 is 0 Å². The standard InChI is InChI=1S/C37H52N4O6/c1-3-5-6-8-30(35(46)18-29(43)7-4-2)33(44)13-9-24-10-14-34(45)36(15-24)47-23-41-20-31-28(19-40-32(31)21-41)17-27-16-25(37(38)39)11-12-26(27)22-42/h10-12,14-16,19-20,29-30,35,37,42-43,45-46H,3-9,13,17-18,21-23,38-39H2,1-2H3/t29-,30-,35-/m1/s1. The lowest BCUT2D eigenvalue weighted by molar-refractivity contribution is -0.127. The second kappa shape index (κ2) is 17.6. The molecule has 0 aromatic heterocycles. The van der Waals surface area contributed by atoms with Gasteiger partial charge < -0.3 is 41.5 Å². The van der Waals surface area contributed by atoms with E-state index < -0.39 is 24.3 Å². The van der Waals surface area contributed by atoms with Gasteiger partial charge in [-0.05, 0) is 65.6 Å². The number of carbonyl (C=O) groups is 1. The fourth-order valence-corrected chi connectivity index (χ4v) is 6.30. The number of hydrogen-bond acceptors (Lipinski definition) is 10. The lowest BCUT2D eigenvalue weighted by atomic mass is 9.85. The lowest BCUT2D eigenvalue weighted by Gasteiger charge is -2.24. The Morgan fingerprint density at radius 1 is 1.04 bits per heavy atom. The largest absolute Gasteiger partial charge is 0.504 e. The van der Waals surface area contributed by atoms with Gasteiger partial charge in [0, 0.05) is 36.7 Å². The Labute approximate surface area is 278 Å². The molecule has 0 amide bonds. The van der Waals surface area contributed by atoms with Gasteiger partial charge in [-0.3, -0.25) is 9.79 Å². The number of hydrogen-bond donors (Lipinski definition) is 6. The summed E-state index contributed by atoms with van der Waals surface area (Å²) in [6.07, 6.45) is 8.19. The number of aliphatic imine (C=N–C) groups is 1. The molecule has 2 heterocycles. The molecule has 4 rings (SSSR count). The molecular weight excluding hydrogens is 596 g/mol. The zero-order valence-corrected chi connectivity index (χ0v) is 27.8. The van der Waals surface area contributed by atoms with Crippen molar-refractivity contribution in [1.29, 1.82) is 0 Å². The molecule has 8 N–H and O–H groups in total. The summed E-state index contributed by atoms with van der Waals surface area (Å²) in [5, 5.41) is 41.5. The van der Waals surface area contributed by atoms with Gasteiger partial charge in [0.2, 0.25) is 0 Å². The summed E-state index contributed by atoms with van der Waals surface area (Å²) in [4.78, 5) is 19.9. The van der Waals surface area contributed by atoms with Crippen molar-refractivity contribution in [2.75, 3.05) is 13.3 Å². The Bertz CT molecular complexity index is 1450. The average Bonchev–Trinajstić information content (AvgIpc) is 3.63. The number of aryl methyl sites for hydroxylation is 1. The highest BCUT2D eigenvalue weighted by molar-refractivity contribution is 6.09. The predicted octanol–water partition coefficient (Wildman–Crippen LogP) is 4.53. The van der Waals surface area contributed by atoms with Gasteiger partial charge in [0.25, 0.3) is 0 Å². The van der Waals surface area contributed by atoms with Gasteiger partial charge in [-0.15, -0.1) is 0 Å². The number of aliphatic hydroxyl groups is 3. The number of nitrogens with zero attached hydrogens (tertiary/aromatic N) is 2. The Balaban J connectivity index is 1.35. The van der Waals surface area contributed by atoms with Crippen LogP contribution in [0.4, 0.5) is 0 Å².